The number of carboxylic acids is 1. The Morgan fingerprint density at radius 2 is 1.75 bits per heavy atom. The number of aliphatic hydroxyl groups is 1. The molecule has 0 saturated carbocycles. The molecule has 0 aliphatic heterocycles. The molecule has 0 saturated heterocycles. The number of carbonyl (C=O) groups is 2. The lowest BCUT2D eigenvalue weighted by molar-refractivity contribution is -0.149. The molecule has 0 rings (SSSR count). The number of carboxylic acid groups (broad SMARTS) is 1. The molecule has 2 N–H and O–H groups in total. The first-order valence-electron chi connectivity index (χ1n) is 6.14. The average molecular weight is 300 g/mol. The molecule has 0 atom stereocenters. The van der Waals surface area contributed by atoms with Gasteiger partial charge in [0.05, 0.1) is 6.61 Å². The van der Waals surface area contributed by atoms with Crippen LogP contribution in [0.25, 0.3) is 0 Å². The Balaban J connectivity index is 4.89. The molecule has 0 aromatic heterocycles. The summed E-state index contributed by atoms with van der Waals surface area (Å²) in [6.07, 6.45) is -3.41. The van der Waals surface area contributed by atoms with Crippen molar-refractivity contribution < 1.29 is 33.0 Å². The molecule has 20 heavy (non-hydrogen) atoms. The van der Waals surface area contributed by atoms with Crippen LogP contribution in [0.15, 0.2) is 0 Å². The summed E-state index contributed by atoms with van der Waals surface area (Å²) >= 11 is 0. The molecular weight excluding hydrogens is 281 g/mol. The van der Waals surface area contributed by atoms with E-state index in [1.807, 2.05) is 6.92 Å². The highest BCUT2D eigenvalue weighted by Gasteiger charge is 2.35. The van der Waals surface area contributed by atoms with Crippen LogP contribution in [0.3, 0.4) is 0 Å². The standard InChI is InChI=1S/C11H19F3N2O4/c1-2-3-4-15(5-6-17)10(20)16(7-9(18)19)8-11(12,13)14/h17H,2-8H2,1H3,(H,18,19). The van der Waals surface area contributed by atoms with E-state index in [1.165, 1.54) is 0 Å². The van der Waals surface area contributed by atoms with Gasteiger partial charge in [0, 0.05) is 13.1 Å². The van der Waals surface area contributed by atoms with Gasteiger partial charge >= 0.3 is 18.2 Å². The zero-order chi connectivity index (χ0) is 15.8. The summed E-state index contributed by atoms with van der Waals surface area (Å²) in [4.78, 5) is 23.7. The van der Waals surface area contributed by atoms with Crippen LogP contribution in [-0.2, 0) is 4.79 Å². The molecule has 0 aromatic rings. The third kappa shape index (κ3) is 7.82. The van der Waals surface area contributed by atoms with Crippen molar-refractivity contribution in [1.82, 2.24) is 9.80 Å². The van der Waals surface area contributed by atoms with E-state index >= 15 is 0 Å². The molecule has 118 valence electrons. The fraction of sp³-hybridized carbons (Fsp3) is 0.818. The van der Waals surface area contributed by atoms with Crippen molar-refractivity contribution in [2.75, 3.05) is 32.8 Å². The summed E-state index contributed by atoms with van der Waals surface area (Å²) in [6.45, 7) is -1.19. The van der Waals surface area contributed by atoms with Crippen molar-refractivity contribution >= 4 is 12.0 Å². The van der Waals surface area contributed by atoms with E-state index < -0.39 is 37.9 Å². The summed E-state index contributed by atoms with van der Waals surface area (Å²) in [7, 11) is 0. The number of rotatable bonds is 8. The van der Waals surface area contributed by atoms with E-state index in [-0.39, 0.29) is 18.0 Å². The van der Waals surface area contributed by atoms with Crippen LogP contribution in [0.4, 0.5) is 18.0 Å². The van der Waals surface area contributed by atoms with Crippen molar-refractivity contribution in [2.24, 2.45) is 0 Å². The van der Waals surface area contributed by atoms with Crippen molar-refractivity contribution in [2.45, 2.75) is 25.9 Å². The second kappa shape index (κ2) is 8.62. The minimum Gasteiger partial charge on any atom is -0.480 e. The Hall–Kier alpha value is -1.51. The van der Waals surface area contributed by atoms with Gasteiger partial charge in [0.2, 0.25) is 0 Å². The van der Waals surface area contributed by atoms with Crippen molar-refractivity contribution in [3.05, 3.63) is 0 Å². The number of carbonyl (C=O) groups excluding carboxylic acids is 1. The summed E-state index contributed by atoms with van der Waals surface area (Å²) in [5.41, 5.74) is 0. The SMILES string of the molecule is CCCCN(CCO)C(=O)N(CC(=O)O)CC(F)(F)F. The van der Waals surface area contributed by atoms with Crippen LogP contribution in [0, 0.1) is 0 Å². The fourth-order valence-electron chi connectivity index (χ4n) is 1.54. The first kappa shape index (κ1) is 18.5. The lowest BCUT2D eigenvalue weighted by Crippen LogP contribution is -2.49. The number of aliphatic hydroxyl groups excluding tert-OH is 1. The molecule has 6 nitrogen and oxygen atoms in total. The zero-order valence-electron chi connectivity index (χ0n) is 11.2. The zero-order valence-corrected chi connectivity index (χ0v) is 11.2. The Bertz CT molecular complexity index is 323. The molecule has 0 aliphatic rings. The van der Waals surface area contributed by atoms with E-state index in [0.717, 1.165) is 4.90 Å². The number of halogens is 3. The molecule has 9 heteroatoms. The van der Waals surface area contributed by atoms with Crippen LogP contribution in [-0.4, -0.2) is 71.0 Å². The molecule has 0 heterocycles. The number of aliphatic carboxylic acids is 1. The highest BCUT2D eigenvalue weighted by molar-refractivity contribution is 5.80. The van der Waals surface area contributed by atoms with E-state index in [0.29, 0.717) is 12.8 Å². The predicted molar refractivity (Wildman–Crippen MR) is 64.2 cm³/mol. The van der Waals surface area contributed by atoms with Gasteiger partial charge in [0.25, 0.3) is 0 Å². The predicted octanol–water partition coefficient (Wildman–Crippen LogP) is 1.15. The van der Waals surface area contributed by atoms with E-state index in [1.54, 1.807) is 0 Å². The van der Waals surface area contributed by atoms with E-state index in [4.69, 9.17) is 10.2 Å². The Labute approximate surface area is 114 Å². The number of urea groups is 1. The van der Waals surface area contributed by atoms with Crippen LogP contribution >= 0.6 is 0 Å². The number of alkyl halides is 3. The third-order valence-corrected chi connectivity index (χ3v) is 2.39. The monoisotopic (exact) mass is 300 g/mol. The summed E-state index contributed by atoms with van der Waals surface area (Å²) in [5, 5.41) is 17.4. The fourth-order valence-corrected chi connectivity index (χ4v) is 1.54. The van der Waals surface area contributed by atoms with Gasteiger partial charge in [-0.3, -0.25) is 4.79 Å². The van der Waals surface area contributed by atoms with Crippen LogP contribution in [0.1, 0.15) is 19.8 Å². The number of nitrogens with zero attached hydrogens (tertiary/aromatic N) is 2. The number of hydrogen-bond acceptors (Lipinski definition) is 3. The highest BCUT2D eigenvalue weighted by Crippen LogP contribution is 2.17. The molecule has 0 radical (unpaired) electrons. The maximum atomic E-state index is 12.4. The lowest BCUT2D eigenvalue weighted by Gasteiger charge is -2.29. The van der Waals surface area contributed by atoms with Crippen molar-refractivity contribution in [3.63, 3.8) is 0 Å². The second-order valence-electron chi connectivity index (χ2n) is 4.21. The van der Waals surface area contributed by atoms with Gasteiger partial charge < -0.3 is 20.0 Å². The smallest absolute Gasteiger partial charge is 0.406 e. The first-order chi connectivity index (χ1) is 9.21. The summed E-state index contributed by atoms with van der Waals surface area (Å²) in [6, 6.07) is -1.03. The van der Waals surface area contributed by atoms with Gasteiger partial charge in [-0.15, -0.1) is 0 Å². The third-order valence-electron chi connectivity index (χ3n) is 2.39. The Morgan fingerprint density at radius 3 is 2.15 bits per heavy atom. The minimum atomic E-state index is -4.68. The molecule has 0 fully saturated rings. The maximum Gasteiger partial charge on any atom is 0.406 e. The quantitative estimate of drug-likeness (QED) is 0.704. The second-order valence-corrected chi connectivity index (χ2v) is 4.21. The molecule has 0 bridgehead atoms. The van der Waals surface area contributed by atoms with Gasteiger partial charge in [-0.25, -0.2) is 4.79 Å². The summed E-state index contributed by atoms with van der Waals surface area (Å²) in [5.74, 6) is -1.53. The van der Waals surface area contributed by atoms with Gasteiger partial charge in [-0.1, -0.05) is 13.3 Å². The van der Waals surface area contributed by atoms with Crippen molar-refractivity contribution in [3.8, 4) is 0 Å². The van der Waals surface area contributed by atoms with Crippen LogP contribution in [0.5, 0.6) is 0 Å². The summed E-state index contributed by atoms with van der Waals surface area (Å²) < 4.78 is 37.1. The van der Waals surface area contributed by atoms with Crippen LogP contribution < -0.4 is 0 Å². The normalized spacial score (nSPS) is 11.2. The first-order valence-corrected chi connectivity index (χ1v) is 6.14. The van der Waals surface area contributed by atoms with Gasteiger partial charge in [0.15, 0.2) is 0 Å². The number of unbranched alkanes of at least 4 members (excludes halogenated alkanes) is 1. The number of amides is 2. The highest BCUT2D eigenvalue weighted by atomic mass is 19.4. The topological polar surface area (TPSA) is 81.1 Å². The van der Waals surface area contributed by atoms with E-state index in [9.17, 15) is 22.8 Å². The van der Waals surface area contributed by atoms with Gasteiger partial charge in [0.1, 0.15) is 13.1 Å². The molecule has 0 unspecified atom stereocenters. The molecular formula is C11H19F3N2O4. The largest absolute Gasteiger partial charge is 0.480 e. The van der Waals surface area contributed by atoms with Gasteiger partial charge in [-0.2, -0.15) is 13.2 Å². The number of hydrogen-bond donors (Lipinski definition) is 2. The lowest BCUT2D eigenvalue weighted by atomic mass is 10.3. The van der Waals surface area contributed by atoms with Gasteiger partial charge in [-0.05, 0) is 6.42 Å². The van der Waals surface area contributed by atoms with Crippen LogP contribution in [0.2, 0.25) is 0 Å². The van der Waals surface area contributed by atoms with E-state index in [2.05, 4.69) is 0 Å². The Kier molecular flexibility index (Phi) is 7.97. The molecule has 0 aromatic carbocycles. The minimum absolute atomic E-state index is 0.132. The van der Waals surface area contributed by atoms with Crippen molar-refractivity contribution in [1.29, 1.82) is 0 Å². The maximum absolute atomic E-state index is 12.4. The molecule has 0 spiro atoms. The molecule has 0 aliphatic carbocycles. The average Bonchev–Trinajstić information content (AvgIpc) is 2.30. The Morgan fingerprint density at radius 1 is 1.15 bits per heavy atom. The molecule has 2 amide bonds.